The normalized spacial score (nSPS) is 10.0. The molecular weight excluding hydrogens is 294 g/mol. The van der Waals surface area contributed by atoms with Crippen molar-refractivity contribution in [3.8, 4) is 17.7 Å². The summed E-state index contributed by atoms with van der Waals surface area (Å²) in [6, 6.07) is 6.49. The summed E-state index contributed by atoms with van der Waals surface area (Å²) in [6.45, 7) is 3.45. The number of aryl methyl sites for hydroxylation is 2. The predicted molar refractivity (Wildman–Crippen MR) is 76.6 cm³/mol. The first-order valence-corrected chi connectivity index (χ1v) is 6.30. The Kier molecular flexibility index (Phi) is 4.05. The van der Waals surface area contributed by atoms with Crippen molar-refractivity contribution < 1.29 is 9.66 Å². The molecule has 0 aliphatic carbocycles. The van der Waals surface area contributed by atoms with Crippen LogP contribution in [0.2, 0.25) is 5.02 Å². The van der Waals surface area contributed by atoms with Crippen molar-refractivity contribution in [2.24, 2.45) is 0 Å². The Balaban J connectivity index is 2.55. The van der Waals surface area contributed by atoms with Crippen LogP contribution in [0.5, 0.6) is 11.6 Å². The zero-order valence-electron chi connectivity index (χ0n) is 11.3. The van der Waals surface area contributed by atoms with Gasteiger partial charge in [0.05, 0.1) is 10.5 Å². The lowest BCUT2D eigenvalue weighted by Crippen LogP contribution is -1.99. The number of nitrogens with zero attached hydrogens (tertiary/aromatic N) is 3. The summed E-state index contributed by atoms with van der Waals surface area (Å²) < 4.78 is 5.49. The molecule has 0 saturated carbocycles. The van der Waals surface area contributed by atoms with Gasteiger partial charge >= 0.3 is 5.69 Å². The van der Waals surface area contributed by atoms with Crippen molar-refractivity contribution >= 4 is 17.3 Å². The number of rotatable bonds is 3. The van der Waals surface area contributed by atoms with Crippen LogP contribution in [0.25, 0.3) is 0 Å². The topological polar surface area (TPSA) is 89.0 Å². The van der Waals surface area contributed by atoms with E-state index in [9.17, 15) is 10.1 Å². The Morgan fingerprint density at radius 1 is 1.43 bits per heavy atom. The van der Waals surface area contributed by atoms with Crippen LogP contribution < -0.4 is 4.74 Å². The Bertz CT molecular complexity index is 769. The molecule has 0 unspecified atom stereocenters. The zero-order valence-corrected chi connectivity index (χ0v) is 12.0. The lowest BCUT2D eigenvalue weighted by Gasteiger charge is -2.10. The van der Waals surface area contributed by atoms with Gasteiger partial charge in [0.1, 0.15) is 11.1 Å². The Hall–Kier alpha value is -2.65. The third-order valence-electron chi connectivity index (χ3n) is 2.77. The van der Waals surface area contributed by atoms with Gasteiger partial charge in [-0.05, 0) is 31.0 Å². The average molecular weight is 304 g/mol. The predicted octanol–water partition coefficient (Wildman–Crippen LogP) is 3.92. The Morgan fingerprint density at radius 3 is 2.76 bits per heavy atom. The highest BCUT2D eigenvalue weighted by molar-refractivity contribution is 6.33. The second-order valence-corrected chi connectivity index (χ2v) is 4.76. The number of pyridine rings is 1. The average Bonchev–Trinajstić information content (AvgIpc) is 2.43. The number of benzene rings is 1. The van der Waals surface area contributed by atoms with Crippen LogP contribution in [0.3, 0.4) is 0 Å². The second-order valence-electron chi connectivity index (χ2n) is 4.38. The summed E-state index contributed by atoms with van der Waals surface area (Å²) in [7, 11) is 0. The summed E-state index contributed by atoms with van der Waals surface area (Å²) in [5.41, 5.74) is 1.35. The smallest absolute Gasteiger partial charge is 0.312 e. The first kappa shape index (κ1) is 14.8. The van der Waals surface area contributed by atoms with Gasteiger partial charge in [-0.2, -0.15) is 5.26 Å². The van der Waals surface area contributed by atoms with Crippen molar-refractivity contribution in [2.75, 3.05) is 0 Å². The second kappa shape index (κ2) is 5.77. The molecule has 0 aliphatic heterocycles. The molecule has 7 heteroatoms. The van der Waals surface area contributed by atoms with Crippen LogP contribution in [-0.4, -0.2) is 9.91 Å². The molecule has 2 rings (SSSR count). The van der Waals surface area contributed by atoms with E-state index >= 15 is 0 Å². The highest BCUT2D eigenvalue weighted by Gasteiger charge is 2.21. The van der Waals surface area contributed by atoms with Crippen molar-refractivity contribution in [1.29, 1.82) is 5.26 Å². The SMILES string of the molecule is Cc1cc(C)c(Oc2nccc(C#N)c2Cl)c([N+](=O)[O-])c1. The fraction of sp³-hybridized carbons (Fsp3) is 0.143. The van der Waals surface area contributed by atoms with Gasteiger partial charge in [0.2, 0.25) is 11.6 Å². The number of nitro groups is 1. The maximum atomic E-state index is 11.1. The minimum Gasteiger partial charge on any atom is -0.430 e. The van der Waals surface area contributed by atoms with E-state index in [1.54, 1.807) is 19.9 Å². The molecule has 6 nitrogen and oxygen atoms in total. The highest BCUT2D eigenvalue weighted by Crippen LogP contribution is 2.37. The van der Waals surface area contributed by atoms with E-state index < -0.39 is 4.92 Å². The molecule has 106 valence electrons. The van der Waals surface area contributed by atoms with Crippen molar-refractivity contribution in [3.63, 3.8) is 0 Å². The molecule has 0 saturated heterocycles. The van der Waals surface area contributed by atoms with Crippen LogP contribution in [0, 0.1) is 35.3 Å². The Labute approximate surface area is 125 Å². The van der Waals surface area contributed by atoms with Gasteiger partial charge in [0, 0.05) is 12.3 Å². The molecule has 0 N–H and O–H groups in total. The van der Waals surface area contributed by atoms with Gasteiger partial charge in [-0.25, -0.2) is 4.98 Å². The van der Waals surface area contributed by atoms with E-state index in [0.717, 1.165) is 5.56 Å². The monoisotopic (exact) mass is 303 g/mol. The lowest BCUT2D eigenvalue weighted by molar-refractivity contribution is -0.385. The molecule has 1 aromatic heterocycles. The number of hydrogen-bond donors (Lipinski definition) is 0. The van der Waals surface area contributed by atoms with Crippen LogP contribution >= 0.6 is 11.6 Å². The number of nitro benzene ring substituents is 1. The Morgan fingerprint density at radius 2 is 2.14 bits per heavy atom. The highest BCUT2D eigenvalue weighted by atomic mass is 35.5. The molecule has 0 bridgehead atoms. The van der Waals surface area contributed by atoms with Gasteiger partial charge in [-0.3, -0.25) is 10.1 Å². The molecule has 0 atom stereocenters. The molecule has 21 heavy (non-hydrogen) atoms. The van der Waals surface area contributed by atoms with Gasteiger partial charge < -0.3 is 4.74 Å². The summed E-state index contributed by atoms with van der Waals surface area (Å²) in [5, 5.41) is 20.1. The van der Waals surface area contributed by atoms with E-state index in [1.165, 1.54) is 18.3 Å². The molecule has 0 radical (unpaired) electrons. The maximum Gasteiger partial charge on any atom is 0.312 e. The molecular formula is C14H10ClN3O3. The maximum absolute atomic E-state index is 11.1. The van der Waals surface area contributed by atoms with Crippen molar-refractivity contribution in [1.82, 2.24) is 4.98 Å². The van der Waals surface area contributed by atoms with E-state index in [0.29, 0.717) is 5.56 Å². The van der Waals surface area contributed by atoms with Gasteiger partial charge in [0.25, 0.3) is 0 Å². The summed E-state index contributed by atoms with van der Waals surface area (Å²) in [5.74, 6) is 0.0286. The number of hydrogen-bond acceptors (Lipinski definition) is 5. The third kappa shape index (κ3) is 2.93. The largest absolute Gasteiger partial charge is 0.430 e. The van der Waals surface area contributed by atoms with Crippen LogP contribution in [0.4, 0.5) is 5.69 Å². The van der Waals surface area contributed by atoms with Crippen molar-refractivity contribution in [2.45, 2.75) is 13.8 Å². The van der Waals surface area contributed by atoms with Crippen LogP contribution in [0.15, 0.2) is 24.4 Å². The van der Waals surface area contributed by atoms with Crippen molar-refractivity contribution in [3.05, 3.63) is 56.2 Å². The molecule has 0 aliphatic rings. The fourth-order valence-corrected chi connectivity index (χ4v) is 2.07. The summed E-state index contributed by atoms with van der Waals surface area (Å²) >= 11 is 5.99. The molecule has 2 aromatic rings. The van der Waals surface area contributed by atoms with Gasteiger partial charge in [-0.1, -0.05) is 17.7 Å². The molecule has 1 heterocycles. The zero-order chi connectivity index (χ0) is 15.6. The molecule has 0 spiro atoms. The van der Waals surface area contributed by atoms with E-state index in [4.69, 9.17) is 21.6 Å². The lowest BCUT2D eigenvalue weighted by atomic mass is 10.1. The van der Waals surface area contributed by atoms with E-state index in [1.807, 2.05) is 6.07 Å². The minimum atomic E-state index is -0.530. The molecule has 1 aromatic carbocycles. The summed E-state index contributed by atoms with van der Waals surface area (Å²) in [4.78, 5) is 14.5. The first-order chi connectivity index (χ1) is 9.93. The molecule has 0 fully saturated rings. The van der Waals surface area contributed by atoms with E-state index in [-0.39, 0.29) is 27.9 Å². The summed E-state index contributed by atoms with van der Waals surface area (Å²) in [6.07, 6.45) is 1.36. The molecule has 0 amide bonds. The standard InChI is InChI=1S/C14H10ClN3O3/c1-8-5-9(2)13(11(6-8)18(19)20)21-14-12(15)10(7-16)3-4-17-14/h3-6H,1-2H3. The third-order valence-corrected chi connectivity index (χ3v) is 3.14. The minimum absolute atomic E-state index is 0.0225. The van der Waals surface area contributed by atoms with E-state index in [2.05, 4.69) is 4.98 Å². The quantitative estimate of drug-likeness (QED) is 0.633. The number of ether oxygens (including phenoxy) is 1. The number of nitriles is 1. The van der Waals surface area contributed by atoms with Gasteiger partial charge in [0.15, 0.2) is 0 Å². The van der Waals surface area contributed by atoms with Crippen LogP contribution in [0.1, 0.15) is 16.7 Å². The van der Waals surface area contributed by atoms with Gasteiger partial charge in [-0.15, -0.1) is 0 Å². The first-order valence-electron chi connectivity index (χ1n) is 5.92. The number of halogens is 1. The fourth-order valence-electron chi connectivity index (χ4n) is 1.88. The van der Waals surface area contributed by atoms with Crippen LogP contribution in [-0.2, 0) is 0 Å². The number of aromatic nitrogens is 1.